The van der Waals surface area contributed by atoms with Gasteiger partial charge in [-0.25, -0.2) is 4.98 Å². The van der Waals surface area contributed by atoms with Crippen LogP contribution in [0.1, 0.15) is 79.4 Å². The van der Waals surface area contributed by atoms with E-state index in [0.717, 1.165) is 29.3 Å². The third-order valence-corrected chi connectivity index (χ3v) is 9.65. The van der Waals surface area contributed by atoms with Crippen molar-refractivity contribution in [2.75, 3.05) is 18.4 Å². The molecule has 0 radical (unpaired) electrons. The van der Waals surface area contributed by atoms with Crippen molar-refractivity contribution in [3.05, 3.63) is 45.6 Å². The van der Waals surface area contributed by atoms with E-state index in [1.807, 2.05) is 17.8 Å². The highest BCUT2D eigenvalue weighted by Crippen LogP contribution is 2.39. The molecule has 3 aromatic rings. The van der Waals surface area contributed by atoms with Crippen molar-refractivity contribution in [3.8, 4) is 0 Å². The Labute approximate surface area is 247 Å². The van der Waals surface area contributed by atoms with Gasteiger partial charge in [0.2, 0.25) is 11.8 Å². The Morgan fingerprint density at radius 2 is 1.85 bits per heavy atom. The average Bonchev–Trinajstić information content (AvgIpc) is 3.68. The van der Waals surface area contributed by atoms with Gasteiger partial charge in [0, 0.05) is 48.2 Å². The normalized spacial score (nSPS) is 17.2. The number of likely N-dealkylation sites (tertiary alicyclic amines) is 1. The number of hydrogen-bond acceptors (Lipinski definition) is 6. The standard InChI is InChI=1S/C30H35ClN4O5S/c1-17(36)21-14-26-22(13-25(21)31)24(15-34(26)2)23(11-18-5-3-4-6-18)28(38)33-30-32-20(16-41-30)12-27(37)35-9-7-19(8-10-35)29(39)40/h13-16,18-19,23H,3-12H2,1-2H3,(H,39,40)(H,32,33,38). The van der Waals surface area contributed by atoms with Crippen LogP contribution >= 0.6 is 22.9 Å². The van der Waals surface area contributed by atoms with E-state index in [1.165, 1.54) is 31.1 Å². The molecule has 2 amide bonds. The predicted octanol–water partition coefficient (Wildman–Crippen LogP) is 5.66. The number of carbonyl (C=O) groups excluding carboxylic acids is 3. The molecule has 5 rings (SSSR count). The Kier molecular flexibility index (Phi) is 8.79. The quantitative estimate of drug-likeness (QED) is 0.307. The first-order chi connectivity index (χ1) is 19.6. The minimum absolute atomic E-state index is 0.0892. The maximum absolute atomic E-state index is 13.8. The van der Waals surface area contributed by atoms with E-state index in [4.69, 9.17) is 11.6 Å². The Balaban J connectivity index is 1.33. The van der Waals surface area contributed by atoms with E-state index in [1.54, 1.807) is 22.4 Å². The van der Waals surface area contributed by atoms with Gasteiger partial charge < -0.3 is 19.9 Å². The number of Topliss-reactive ketones (excluding diaryl/α,β-unsaturated/α-hetero) is 1. The molecule has 1 aliphatic carbocycles. The summed E-state index contributed by atoms with van der Waals surface area (Å²) in [4.78, 5) is 56.1. The van der Waals surface area contributed by atoms with E-state index in [9.17, 15) is 24.3 Å². The maximum Gasteiger partial charge on any atom is 0.306 e. The van der Waals surface area contributed by atoms with Crippen LogP contribution in [0.25, 0.3) is 10.9 Å². The third kappa shape index (κ3) is 6.48. The smallest absolute Gasteiger partial charge is 0.306 e. The number of rotatable bonds is 9. The molecule has 2 aliphatic rings. The summed E-state index contributed by atoms with van der Waals surface area (Å²) in [6.07, 6.45) is 8.21. The van der Waals surface area contributed by atoms with Crippen LogP contribution in [0.4, 0.5) is 5.13 Å². The topological polar surface area (TPSA) is 122 Å². The summed E-state index contributed by atoms with van der Waals surface area (Å²) in [7, 11) is 1.91. The zero-order chi connectivity index (χ0) is 29.3. The van der Waals surface area contributed by atoms with Crippen LogP contribution in [0.3, 0.4) is 0 Å². The Morgan fingerprint density at radius 3 is 2.51 bits per heavy atom. The third-order valence-electron chi connectivity index (χ3n) is 8.54. The SMILES string of the molecule is CC(=O)c1cc2c(cc1Cl)c(C(CC1CCCC1)C(=O)Nc1nc(CC(=O)N3CCC(C(=O)O)CC3)cs1)cn2C. The molecular weight excluding hydrogens is 564 g/mol. The molecule has 2 N–H and O–H groups in total. The van der Waals surface area contributed by atoms with E-state index in [-0.39, 0.29) is 24.0 Å². The highest BCUT2D eigenvalue weighted by molar-refractivity contribution is 7.14. The Morgan fingerprint density at radius 1 is 1.15 bits per heavy atom. The minimum atomic E-state index is -0.810. The molecule has 1 saturated carbocycles. The monoisotopic (exact) mass is 598 g/mol. The number of piperidine rings is 1. The van der Waals surface area contributed by atoms with Crippen LogP contribution in [-0.2, 0) is 27.9 Å². The van der Waals surface area contributed by atoms with Crippen LogP contribution in [-0.4, -0.2) is 56.2 Å². The van der Waals surface area contributed by atoms with Gasteiger partial charge in [-0.05, 0) is 49.8 Å². The van der Waals surface area contributed by atoms with Crippen molar-refractivity contribution >= 4 is 62.5 Å². The average molecular weight is 599 g/mol. The molecule has 218 valence electrons. The van der Waals surface area contributed by atoms with E-state index in [0.29, 0.717) is 59.7 Å². The predicted molar refractivity (Wildman–Crippen MR) is 159 cm³/mol. The summed E-state index contributed by atoms with van der Waals surface area (Å²) in [6, 6.07) is 3.59. The first kappa shape index (κ1) is 29.3. The first-order valence-electron chi connectivity index (χ1n) is 14.2. The molecule has 1 atom stereocenters. The number of nitrogens with zero attached hydrogens (tertiary/aromatic N) is 3. The number of benzene rings is 1. The second kappa shape index (κ2) is 12.3. The number of ketones is 1. The lowest BCUT2D eigenvalue weighted by Crippen LogP contribution is -2.41. The fraction of sp³-hybridized carbons (Fsp3) is 0.500. The summed E-state index contributed by atoms with van der Waals surface area (Å²) in [5, 5.41) is 15.7. The van der Waals surface area contributed by atoms with Gasteiger partial charge in [-0.1, -0.05) is 37.3 Å². The largest absolute Gasteiger partial charge is 0.481 e. The second-order valence-electron chi connectivity index (χ2n) is 11.3. The molecular formula is C30H35ClN4O5S. The van der Waals surface area contributed by atoms with Gasteiger partial charge in [-0.3, -0.25) is 19.2 Å². The Hall–Kier alpha value is -3.24. The zero-order valence-electron chi connectivity index (χ0n) is 23.3. The molecule has 3 heterocycles. The second-order valence-corrected chi connectivity index (χ2v) is 12.6. The van der Waals surface area contributed by atoms with Crippen molar-refractivity contribution in [3.63, 3.8) is 0 Å². The van der Waals surface area contributed by atoms with Crippen LogP contribution < -0.4 is 5.32 Å². The van der Waals surface area contributed by atoms with Gasteiger partial charge >= 0.3 is 5.97 Å². The molecule has 0 spiro atoms. The molecule has 9 nitrogen and oxygen atoms in total. The van der Waals surface area contributed by atoms with E-state index in [2.05, 4.69) is 10.3 Å². The van der Waals surface area contributed by atoms with Crippen molar-refractivity contribution in [1.82, 2.24) is 14.5 Å². The highest BCUT2D eigenvalue weighted by Gasteiger charge is 2.31. The van der Waals surface area contributed by atoms with E-state index < -0.39 is 17.8 Å². The number of nitrogens with one attached hydrogen (secondary N) is 1. The van der Waals surface area contributed by atoms with Crippen molar-refractivity contribution in [2.45, 2.75) is 64.2 Å². The number of aromatic nitrogens is 2. The molecule has 0 bridgehead atoms. The number of thiazole rings is 1. The lowest BCUT2D eigenvalue weighted by atomic mass is 9.87. The molecule has 2 aromatic heterocycles. The summed E-state index contributed by atoms with van der Waals surface area (Å²) in [5.74, 6) is -1.54. The molecule has 41 heavy (non-hydrogen) atoms. The molecule has 11 heteroatoms. The zero-order valence-corrected chi connectivity index (χ0v) is 24.9. The molecule has 2 fully saturated rings. The van der Waals surface area contributed by atoms with Crippen LogP contribution in [0, 0.1) is 11.8 Å². The number of aliphatic carboxylic acids is 1. The van der Waals surface area contributed by atoms with E-state index >= 15 is 0 Å². The summed E-state index contributed by atoms with van der Waals surface area (Å²) in [6.45, 7) is 2.34. The lowest BCUT2D eigenvalue weighted by molar-refractivity contribution is -0.145. The van der Waals surface area contributed by atoms with Gasteiger partial charge in [0.05, 0.1) is 29.0 Å². The summed E-state index contributed by atoms with van der Waals surface area (Å²) in [5.41, 5.74) is 2.76. The number of aryl methyl sites for hydroxylation is 1. The molecule has 1 saturated heterocycles. The van der Waals surface area contributed by atoms with Crippen LogP contribution in [0.5, 0.6) is 0 Å². The number of fused-ring (bicyclic) bond motifs is 1. The van der Waals surface area contributed by atoms with Gasteiger partial charge in [0.15, 0.2) is 10.9 Å². The van der Waals surface area contributed by atoms with Gasteiger partial charge in [-0.2, -0.15) is 0 Å². The van der Waals surface area contributed by atoms with Crippen LogP contribution in [0.15, 0.2) is 23.7 Å². The number of carboxylic acid groups (broad SMARTS) is 1. The minimum Gasteiger partial charge on any atom is -0.481 e. The fourth-order valence-electron chi connectivity index (χ4n) is 6.22. The molecule has 1 unspecified atom stereocenters. The number of carbonyl (C=O) groups is 4. The fourth-order valence-corrected chi connectivity index (χ4v) is 7.23. The Bertz CT molecular complexity index is 1480. The van der Waals surface area contributed by atoms with Crippen molar-refractivity contribution in [2.24, 2.45) is 18.9 Å². The maximum atomic E-state index is 13.8. The van der Waals surface area contributed by atoms with Crippen molar-refractivity contribution < 1.29 is 24.3 Å². The number of carboxylic acids is 1. The number of hydrogen-bond donors (Lipinski definition) is 2. The number of amides is 2. The first-order valence-corrected chi connectivity index (χ1v) is 15.4. The number of anilines is 1. The molecule has 1 aromatic carbocycles. The van der Waals surface area contributed by atoms with Gasteiger partial charge in [0.1, 0.15) is 0 Å². The van der Waals surface area contributed by atoms with Gasteiger partial charge in [-0.15, -0.1) is 11.3 Å². The van der Waals surface area contributed by atoms with Crippen molar-refractivity contribution in [1.29, 1.82) is 0 Å². The summed E-state index contributed by atoms with van der Waals surface area (Å²) < 4.78 is 1.94. The highest BCUT2D eigenvalue weighted by atomic mass is 35.5. The number of halogens is 1. The summed E-state index contributed by atoms with van der Waals surface area (Å²) >= 11 is 7.78. The van der Waals surface area contributed by atoms with Gasteiger partial charge in [0.25, 0.3) is 0 Å². The molecule has 1 aliphatic heterocycles. The van der Waals surface area contributed by atoms with Crippen LogP contribution in [0.2, 0.25) is 5.02 Å². The lowest BCUT2D eigenvalue weighted by Gasteiger charge is -2.30.